The Labute approximate surface area is 147 Å². The largest absolute Gasteiger partial charge is 0.364 e. The van der Waals surface area contributed by atoms with Crippen molar-refractivity contribution in [3.63, 3.8) is 0 Å². The molecule has 4 nitrogen and oxygen atoms in total. The van der Waals surface area contributed by atoms with E-state index in [1.165, 1.54) is 16.8 Å². The topological polar surface area (TPSA) is 49.0 Å². The summed E-state index contributed by atoms with van der Waals surface area (Å²) in [5.74, 6) is 1.30. The van der Waals surface area contributed by atoms with Gasteiger partial charge in [0.2, 0.25) is 0 Å². The van der Waals surface area contributed by atoms with Gasteiger partial charge in [-0.25, -0.2) is 4.98 Å². The first-order chi connectivity index (χ1) is 12.1. The number of nitrogens with one attached hydrogen (secondary N) is 1. The number of anilines is 1. The summed E-state index contributed by atoms with van der Waals surface area (Å²) in [6.07, 6.45) is 2.02. The van der Waals surface area contributed by atoms with Crippen molar-refractivity contribution in [3.8, 4) is 0 Å². The lowest BCUT2D eigenvalue weighted by Crippen LogP contribution is -2.23. The molecular formula is C21H23N3O. The van der Waals surface area contributed by atoms with Gasteiger partial charge in [0.1, 0.15) is 5.82 Å². The number of hydrogen-bond acceptors (Lipinski definition) is 3. The minimum absolute atomic E-state index is 0.0434. The predicted octanol–water partition coefficient (Wildman–Crippen LogP) is 3.68. The van der Waals surface area contributed by atoms with Gasteiger partial charge < -0.3 is 9.88 Å². The number of rotatable bonds is 4. The van der Waals surface area contributed by atoms with Crippen molar-refractivity contribution in [1.29, 1.82) is 0 Å². The second kappa shape index (κ2) is 6.36. The van der Waals surface area contributed by atoms with Crippen molar-refractivity contribution in [3.05, 3.63) is 69.8 Å². The maximum atomic E-state index is 12.5. The number of para-hydroxylation sites is 1. The van der Waals surface area contributed by atoms with Crippen molar-refractivity contribution in [1.82, 2.24) is 9.97 Å². The van der Waals surface area contributed by atoms with Crippen LogP contribution in [0.15, 0.2) is 47.3 Å². The van der Waals surface area contributed by atoms with Crippen LogP contribution in [-0.4, -0.2) is 16.5 Å². The summed E-state index contributed by atoms with van der Waals surface area (Å²) in [6, 6.07) is 14.5. The quantitative estimate of drug-likeness (QED) is 0.792. The third-order valence-electron chi connectivity index (χ3n) is 4.79. The second-order valence-corrected chi connectivity index (χ2v) is 7.26. The Bertz CT molecular complexity index is 974. The van der Waals surface area contributed by atoms with E-state index in [0.29, 0.717) is 17.8 Å². The van der Waals surface area contributed by atoms with Crippen LogP contribution in [0.2, 0.25) is 0 Å². The third kappa shape index (κ3) is 3.16. The van der Waals surface area contributed by atoms with E-state index in [4.69, 9.17) is 4.98 Å². The van der Waals surface area contributed by atoms with E-state index in [1.54, 1.807) is 0 Å². The van der Waals surface area contributed by atoms with Crippen LogP contribution < -0.4 is 10.5 Å². The third-order valence-corrected chi connectivity index (χ3v) is 4.79. The smallest absolute Gasteiger partial charge is 0.258 e. The number of fused-ring (bicyclic) bond motifs is 2. The average molecular weight is 333 g/mol. The van der Waals surface area contributed by atoms with E-state index in [0.717, 1.165) is 30.7 Å². The second-order valence-electron chi connectivity index (χ2n) is 7.26. The summed E-state index contributed by atoms with van der Waals surface area (Å²) < 4.78 is 0. The summed E-state index contributed by atoms with van der Waals surface area (Å²) in [4.78, 5) is 22.5. The van der Waals surface area contributed by atoms with Gasteiger partial charge in [0, 0.05) is 12.2 Å². The molecule has 4 heteroatoms. The summed E-state index contributed by atoms with van der Waals surface area (Å²) in [5, 5.41) is 0.684. The van der Waals surface area contributed by atoms with Gasteiger partial charge in [-0.1, -0.05) is 38.1 Å². The Hall–Kier alpha value is -2.62. The molecule has 4 rings (SSSR count). The molecule has 0 saturated heterocycles. The lowest BCUT2D eigenvalue weighted by molar-refractivity contribution is 0.647. The molecule has 25 heavy (non-hydrogen) atoms. The fourth-order valence-corrected chi connectivity index (χ4v) is 3.66. The molecule has 2 heterocycles. The average Bonchev–Trinajstić information content (AvgIpc) is 2.98. The molecule has 0 saturated carbocycles. The molecule has 1 aliphatic heterocycles. The van der Waals surface area contributed by atoms with Crippen LogP contribution >= 0.6 is 0 Å². The molecule has 128 valence electrons. The standard InChI is InChI=1S/C21H23N3O/c1-14(2)11-15-7-8-18-17(12-15)21(25)23-20(22-18)13-24-10-9-16-5-3-4-6-19(16)24/h3-8,12,14H,9-11,13H2,1-2H3,(H,22,23,25). The summed E-state index contributed by atoms with van der Waals surface area (Å²) in [6.45, 7) is 5.97. The first-order valence-corrected chi connectivity index (χ1v) is 8.95. The van der Waals surface area contributed by atoms with Gasteiger partial charge in [-0.15, -0.1) is 0 Å². The first-order valence-electron chi connectivity index (χ1n) is 8.95. The number of H-pyrrole nitrogens is 1. The van der Waals surface area contributed by atoms with Crippen LogP contribution in [-0.2, 0) is 19.4 Å². The Balaban J connectivity index is 1.65. The maximum Gasteiger partial charge on any atom is 0.258 e. The van der Waals surface area contributed by atoms with E-state index >= 15 is 0 Å². The van der Waals surface area contributed by atoms with E-state index in [1.807, 2.05) is 12.1 Å². The van der Waals surface area contributed by atoms with Crippen molar-refractivity contribution < 1.29 is 0 Å². The van der Waals surface area contributed by atoms with Crippen LogP contribution in [0.5, 0.6) is 0 Å². The van der Waals surface area contributed by atoms with E-state index in [9.17, 15) is 4.79 Å². The van der Waals surface area contributed by atoms with Gasteiger partial charge in [0.25, 0.3) is 5.56 Å². The van der Waals surface area contributed by atoms with Crippen LogP contribution in [0, 0.1) is 5.92 Å². The number of nitrogens with zero attached hydrogens (tertiary/aromatic N) is 2. The highest BCUT2D eigenvalue weighted by atomic mass is 16.1. The van der Waals surface area contributed by atoms with Crippen LogP contribution in [0.4, 0.5) is 5.69 Å². The Kier molecular flexibility index (Phi) is 4.04. The van der Waals surface area contributed by atoms with E-state index < -0.39 is 0 Å². The Morgan fingerprint density at radius 1 is 1.20 bits per heavy atom. The normalized spacial score (nSPS) is 13.6. The molecule has 0 atom stereocenters. The molecule has 1 N–H and O–H groups in total. The number of aromatic nitrogens is 2. The Morgan fingerprint density at radius 3 is 2.88 bits per heavy atom. The van der Waals surface area contributed by atoms with Crippen LogP contribution in [0.25, 0.3) is 10.9 Å². The molecule has 0 aliphatic carbocycles. The first kappa shape index (κ1) is 15.9. The number of hydrogen-bond donors (Lipinski definition) is 1. The molecule has 0 bridgehead atoms. The lowest BCUT2D eigenvalue weighted by atomic mass is 10.0. The van der Waals surface area contributed by atoms with Gasteiger partial charge in [-0.05, 0) is 48.1 Å². The van der Waals surface area contributed by atoms with E-state index in [-0.39, 0.29) is 5.56 Å². The zero-order valence-corrected chi connectivity index (χ0v) is 14.7. The van der Waals surface area contributed by atoms with Gasteiger partial charge in [0.05, 0.1) is 17.4 Å². The molecule has 1 aromatic heterocycles. The van der Waals surface area contributed by atoms with Crippen LogP contribution in [0.1, 0.15) is 30.8 Å². The monoisotopic (exact) mass is 333 g/mol. The van der Waals surface area contributed by atoms with Gasteiger partial charge in [-0.3, -0.25) is 4.79 Å². The summed E-state index contributed by atoms with van der Waals surface area (Å²) >= 11 is 0. The maximum absolute atomic E-state index is 12.5. The van der Waals surface area contributed by atoms with Crippen LogP contribution in [0.3, 0.4) is 0 Å². The minimum Gasteiger partial charge on any atom is -0.364 e. The number of aromatic amines is 1. The zero-order valence-electron chi connectivity index (χ0n) is 14.7. The highest BCUT2D eigenvalue weighted by Crippen LogP contribution is 2.28. The predicted molar refractivity (Wildman–Crippen MR) is 102 cm³/mol. The molecule has 2 aromatic carbocycles. The highest BCUT2D eigenvalue weighted by molar-refractivity contribution is 5.78. The van der Waals surface area contributed by atoms with Gasteiger partial charge in [-0.2, -0.15) is 0 Å². The zero-order chi connectivity index (χ0) is 17.4. The van der Waals surface area contributed by atoms with Gasteiger partial charge >= 0.3 is 0 Å². The summed E-state index contributed by atoms with van der Waals surface area (Å²) in [7, 11) is 0. The van der Waals surface area contributed by atoms with Crippen molar-refractivity contribution in [2.45, 2.75) is 33.2 Å². The van der Waals surface area contributed by atoms with E-state index in [2.05, 4.69) is 54.1 Å². The molecular weight excluding hydrogens is 310 g/mol. The molecule has 0 fully saturated rings. The van der Waals surface area contributed by atoms with Gasteiger partial charge in [0.15, 0.2) is 0 Å². The SMILES string of the molecule is CC(C)Cc1ccc2nc(CN3CCc4ccccc43)[nH]c(=O)c2c1. The van der Waals surface area contributed by atoms with Crippen molar-refractivity contribution in [2.24, 2.45) is 5.92 Å². The fourth-order valence-electron chi connectivity index (χ4n) is 3.66. The van der Waals surface area contributed by atoms with Crippen molar-refractivity contribution in [2.75, 3.05) is 11.4 Å². The Morgan fingerprint density at radius 2 is 2.04 bits per heavy atom. The molecule has 0 amide bonds. The van der Waals surface area contributed by atoms with Crippen molar-refractivity contribution >= 4 is 16.6 Å². The molecule has 0 unspecified atom stereocenters. The minimum atomic E-state index is -0.0434. The lowest BCUT2D eigenvalue weighted by Gasteiger charge is -2.18. The molecule has 3 aromatic rings. The number of benzene rings is 2. The molecule has 0 radical (unpaired) electrons. The molecule has 1 aliphatic rings. The molecule has 0 spiro atoms. The highest BCUT2D eigenvalue weighted by Gasteiger charge is 2.19. The summed E-state index contributed by atoms with van der Waals surface area (Å²) in [5.41, 5.74) is 4.54. The fraction of sp³-hybridized carbons (Fsp3) is 0.333.